The van der Waals surface area contributed by atoms with E-state index < -0.39 is 10.0 Å². The first kappa shape index (κ1) is 14.5. The van der Waals surface area contributed by atoms with Crippen LogP contribution < -0.4 is 4.72 Å². The lowest BCUT2D eigenvalue weighted by Crippen LogP contribution is -2.46. The van der Waals surface area contributed by atoms with Gasteiger partial charge in [-0.05, 0) is 18.3 Å². The molecule has 0 spiro atoms. The van der Waals surface area contributed by atoms with Gasteiger partial charge in [-0.3, -0.25) is 0 Å². The van der Waals surface area contributed by atoms with Gasteiger partial charge >= 0.3 is 0 Å². The van der Waals surface area contributed by atoms with Crippen molar-refractivity contribution in [1.29, 1.82) is 0 Å². The molecular weight excluding hydrogens is 262 g/mol. The molecule has 5 nitrogen and oxygen atoms in total. The first-order valence-electron chi connectivity index (χ1n) is 6.91. The van der Waals surface area contributed by atoms with E-state index in [2.05, 4.69) is 28.5 Å². The summed E-state index contributed by atoms with van der Waals surface area (Å²) in [7, 11) is -3.49. The molecule has 0 bridgehead atoms. The Morgan fingerprint density at radius 3 is 2.79 bits per heavy atom. The van der Waals surface area contributed by atoms with E-state index in [-0.39, 0.29) is 16.5 Å². The lowest BCUT2D eigenvalue weighted by atomic mass is 9.74. The van der Waals surface area contributed by atoms with E-state index in [4.69, 9.17) is 0 Å². The third-order valence-corrected chi connectivity index (χ3v) is 5.42. The van der Waals surface area contributed by atoms with E-state index in [1.54, 1.807) is 0 Å². The number of nitrogens with zero attached hydrogens (tertiary/aromatic N) is 1. The molecule has 1 aromatic rings. The van der Waals surface area contributed by atoms with Crippen molar-refractivity contribution in [2.45, 2.75) is 63.9 Å². The maximum atomic E-state index is 12.3. The number of aromatic nitrogens is 2. The maximum absolute atomic E-state index is 12.3. The molecule has 0 amide bonds. The summed E-state index contributed by atoms with van der Waals surface area (Å²) in [5, 5.41) is 0.172. The quantitative estimate of drug-likeness (QED) is 0.890. The lowest BCUT2D eigenvalue weighted by Gasteiger charge is -2.38. The second-order valence-corrected chi connectivity index (χ2v) is 7.64. The van der Waals surface area contributed by atoms with Crippen LogP contribution in [0.2, 0.25) is 0 Å². The monoisotopic (exact) mass is 285 g/mol. The van der Waals surface area contributed by atoms with Gasteiger partial charge in [0.15, 0.2) is 5.03 Å². The van der Waals surface area contributed by atoms with E-state index in [1.165, 1.54) is 12.6 Å². The fourth-order valence-electron chi connectivity index (χ4n) is 2.62. The number of aryl methyl sites for hydroxylation is 1. The number of nitrogens with one attached hydrogen (secondary N) is 2. The summed E-state index contributed by atoms with van der Waals surface area (Å²) >= 11 is 0. The Kier molecular flexibility index (Phi) is 4.01. The van der Waals surface area contributed by atoms with Gasteiger partial charge in [0.25, 0.3) is 10.0 Å². The molecule has 108 valence electrons. The molecule has 0 aromatic carbocycles. The number of hydrogen-bond acceptors (Lipinski definition) is 3. The van der Waals surface area contributed by atoms with Crippen LogP contribution in [0.15, 0.2) is 11.2 Å². The predicted octanol–water partition coefficient (Wildman–Crippen LogP) is 2.22. The maximum Gasteiger partial charge on any atom is 0.257 e. The summed E-state index contributed by atoms with van der Waals surface area (Å²) < 4.78 is 27.5. The van der Waals surface area contributed by atoms with Crippen molar-refractivity contribution in [3.8, 4) is 0 Å². The van der Waals surface area contributed by atoms with Gasteiger partial charge in [0.05, 0.1) is 6.20 Å². The second-order valence-electron chi connectivity index (χ2n) is 5.96. The van der Waals surface area contributed by atoms with Crippen LogP contribution in [0.1, 0.15) is 52.3 Å². The Morgan fingerprint density at radius 1 is 1.47 bits per heavy atom. The Bertz CT molecular complexity index is 534. The molecule has 1 aliphatic carbocycles. The fourth-order valence-corrected chi connectivity index (χ4v) is 4.00. The van der Waals surface area contributed by atoms with Crippen LogP contribution in [0, 0.1) is 5.41 Å². The number of aromatic amines is 1. The summed E-state index contributed by atoms with van der Waals surface area (Å²) in [5.41, 5.74) is 0.0128. The van der Waals surface area contributed by atoms with E-state index >= 15 is 0 Å². The van der Waals surface area contributed by atoms with Crippen molar-refractivity contribution in [3.63, 3.8) is 0 Å². The van der Waals surface area contributed by atoms with E-state index in [0.29, 0.717) is 12.2 Å². The highest BCUT2D eigenvalue weighted by atomic mass is 32.2. The first-order chi connectivity index (χ1) is 8.85. The van der Waals surface area contributed by atoms with Gasteiger partial charge in [0.2, 0.25) is 0 Å². The predicted molar refractivity (Wildman–Crippen MR) is 74.3 cm³/mol. The van der Waals surface area contributed by atoms with Crippen molar-refractivity contribution >= 4 is 10.0 Å². The molecule has 0 radical (unpaired) electrons. The van der Waals surface area contributed by atoms with Crippen LogP contribution in [-0.2, 0) is 16.4 Å². The van der Waals surface area contributed by atoms with Crippen molar-refractivity contribution in [1.82, 2.24) is 14.7 Å². The Hall–Kier alpha value is -0.880. The third-order valence-electron chi connectivity index (χ3n) is 4.03. The largest absolute Gasteiger partial charge is 0.332 e. The number of sulfonamides is 1. The zero-order valence-corrected chi connectivity index (χ0v) is 12.7. The molecule has 19 heavy (non-hydrogen) atoms. The Labute approximate surface area is 115 Å². The molecule has 1 aromatic heterocycles. The first-order valence-corrected chi connectivity index (χ1v) is 8.40. The van der Waals surface area contributed by atoms with Gasteiger partial charge in [0.1, 0.15) is 5.82 Å². The van der Waals surface area contributed by atoms with Crippen molar-refractivity contribution in [3.05, 3.63) is 12.0 Å². The minimum absolute atomic E-state index is 0.000346. The zero-order chi connectivity index (χ0) is 14.1. The molecular formula is C13H23N3O2S. The van der Waals surface area contributed by atoms with Crippen LogP contribution in [0.4, 0.5) is 0 Å². The van der Waals surface area contributed by atoms with Gasteiger partial charge in [-0.25, -0.2) is 18.1 Å². The molecule has 2 rings (SSSR count). The Balaban J connectivity index is 2.16. The molecule has 6 heteroatoms. The fraction of sp³-hybridized carbons (Fsp3) is 0.769. The van der Waals surface area contributed by atoms with Crippen LogP contribution >= 0.6 is 0 Å². The van der Waals surface area contributed by atoms with Crippen LogP contribution in [0.25, 0.3) is 0 Å². The molecule has 0 aliphatic heterocycles. The van der Waals surface area contributed by atoms with Crippen molar-refractivity contribution in [2.75, 3.05) is 0 Å². The van der Waals surface area contributed by atoms with Gasteiger partial charge < -0.3 is 4.98 Å². The van der Waals surface area contributed by atoms with Crippen LogP contribution in [0.3, 0.4) is 0 Å². The summed E-state index contributed by atoms with van der Waals surface area (Å²) in [4.78, 5) is 6.91. The van der Waals surface area contributed by atoms with Crippen LogP contribution in [0.5, 0.6) is 0 Å². The van der Waals surface area contributed by atoms with Gasteiger partial charge in [-0.2, -0.15) is 0 Å². The number of H-pyrrole nitrogens is 1. The SMILES string of the molecule is CCc1ncc(S(=O)(=O)NC2CCCCC2(C)C)[nH]1. The molecule has 2 N–H and O–H groups in total. The molecule has 1 heterocycles. The number of rotatable bonds is 4. The smallest absolute Gasteiger partial charge is 0.257 e. The van der Waals surface area contributed by atoms with Crippen molar-refractivity contribution < 1.29 is 8.42 Å². The van der Waals surface area contributed by atoms with Gasteiger partial charge in [-0.1, -0.05) is 33.6 Å². The van der Waals surface area contributed by atoms with Crippen LogP contribution in [-0.4, -0.2) is 24.4 Å². The van der Waals surface area contributed by atoms with Gasteiger partial charge in [-0.15, -0.1) is 0 Å². The number of imidazole rings is 1. The van der Waals surface area contributed by atoms with Gasteiger partial charge in [0, 0.05) is 12.5 Å². The topological polar surface area (TPSA) is 74.8 Å². The van der Waals surface area contributed by atoms with Crippen molar-refractivity contribution in [2.24, 2.45) is 5.41 Å². The second kappa shape index (κ2) is 5.25. The van der Waals surface area contributed by atoms with E-state index in [1.807, 2.05) is 6.92 Å². The average Bonchev–Trinajstić information content (AvgIpc) is 2.81. The molecule has 1 saturated carbocycles. The summed E-state index contributed by atoms with van der Waals surface area (Å²) in [6.45, 7) is 6.19. The molecule has 1 atom stereocenters. The summed E-state index contributed by atoms with van der Waals surface area (Å²) in [5.74, 6) is 0.697. The normalized spacial score (nSPS) is 23.4. The highest BCUT2D eigenvalue weighted by Gasteiger charge is 2.35. The minimum atomic E-state index is -3.49. The summed E-state index contributed by atoms with van der Waals surface area (Å²) in [6, 6.07) is -0.000346. The Morgan fingerprint density at radius 2 is 2.21 bits per heavy atom. The standard InChI is InChI=1S/C13H23N3O2S/c1-4-11-14-9-12(15-11)19(17,18)16-10-7-5-6-8-13(10,2)3/h9-10,16H,4-8H2,1-3H3,(H,14,15). The lowest BCUT2D eigenvalue weighted by molar-refractivity contribution is 0.188. The zero-order valence-electron chi connectivity index (χ0n) is 11.9. The highest BCUT2D eigenvalue weighted by Crippen LogP contribution is 2.36. The summed E-state index contributed by atoms with van der Waals surface area (Å²) in [6.07, 6.45) is 6.32. The molecule has 1 aliphatic rings. The van der Waals surface area contributed by atoms with E-state index in [9.17, 15) is 8.42 Å². The molecule has 1 unspecified atom stereocenters. The molecule has 1 fully saturated rings. The average molecular weight is 285 g/mol. The third kappa shape index (κ3) is 3.17. The minimum Gasteiger partial charge on any atom is -0.332 e. The van der Waals surface area contributed by atoms with E-state index in [0.717, 1.165) is 19.3 Å². The molecule has 0 saturated heterocycles. The number of hydrogen-bond donors (Lipinski definition) is 2. The highest BCUT2D eigenvalue weighted by molar-refractivity contribution is 7.89.